The van der Waals surface area contributed by atoms with E-state index in [0.29, 0.717) is 12.6 Å². The van der Waals surface area contributed by atoms with Crippen molar-refractivity contribution in [2.75, 3.05) is 5.84 Å². The molecule has 1 unspecified atom stereocenters. The van der Waals surface area contributed by atoms with Crippen molar-refractivity contribution in [1.29, 1.82) is 0 Å². The summed E-state index contributed by atoms with van der Waals surface area (Å²) >= 11 is 6.17. The number of nitrogens with zero attached hydrogens (tertiary/aromatic N) is 4. The molecule has 5 rings (SSSR count). The Balaban J connectivity index is 1.42. The predicted octanol–water partition coefficient (Wildman–Crippen LogP) is 3.88. The molecular weight excluding hydrogens is 410 g/mol. The van der Waals surface area contributed by atoms with Crippen molar-refractivity contribution in [2.45, 2.75) is 64.6 Å². The number of aryl methyl sites for hydroxylation is 2. The third kappa shape index (κ3) is 3.85. The molecule has 162 valence electrons. The number of aromatic nitrogens is 3. The Morgan fingerprint density at radius 3 is 2.77 bits per heavy atom. The molecular formula is C24H28ClN5O. The largest absolute Gasteiger partial charge is 0.344 e. The smallest absolute Gasteiger partial charge is 0.256 e. The summed E-state index contributed by atoms with van der Waals surface area (Å²) < 4.78 is 2.21. The number of rotatable bonds is 5. The Labute approximate surface area is 187 Å². The SMILES string of the molecule is Cc1cc(C(=O)N(C2CC2)C2CCc3nn(N)cc3C2)c(C)n1Cc1cccc(Cl)c1. The summed E-state index contributed by atoms with van der Waals surface area (Å²) in [7, 11) is 0. The average molecular weight is 438 g/mol. The zero-order valence-corrected chi connectivity index (χ0v) is 18.8. The van der Waals surface area contributed by atoms with Crippen LogP contribution in [-0.4, -0.2) is 37.3 Å². The second-order valence-corrected chi connectivity index (χ2v) is 9.36. The molecule has 2 N–H and O–H groups in total. The van der Waals surface area contributed by atoms with Gasteiger partial charge in [-0.2, -0.15) is 9.89 Å². The van der Waals surface area contributed by atoms with Gasteiger partial charge in [-0.15, -0.1) is 0 Å². The summed E-state index contributed by atoms with van der Waals surface area (Å²) in [5.41, 5.74) is 6.29. The van der Waals surface area contributed by atoms with E-state index in [1.54, 1.807) is 0 Å². The number of hydrogen-bond donors (Lipinski definition) is 1. The van der Waals surface area contributed by atoms with E-state index < -0.39 is 0 Å². The van der Waals surface area contributed by atoms with E-state index >= 15 is 0 Å². The molecule has 0 radical (unpaired) electrons. The fraction of sp³-hybridized carbons (Fsp3) is 0.417. The molecule has 2 heterocycles. The Kier molecular flexibility index (Phi) is 5.05. The van der Waals surface area contributed by atoms with Crippen LogP contribution in [0.5, 0.6) is 0 Å². The summed E-state index contributed by atoms with van der Waals surface area (Å²) in [6.45, 7) is 4.82. The highest BCUT2D eigenvalue weighted by Gasteiger charge is 2.40. The fourth-order valence-corrected chi connectivity index (χ4v) is 5.16. The lowest BCUT2D eigenvalue weighted by Crippen LogP contribution is -2.45. The van der Waals surface area contributed by atoms with Crippen LogP contribution in [0.2, 0.25) is 5.02 Å². The highest BCUT2D eigenvalue weighted by Crippen LogP contribution is 2.35. The van der Waals surface area contributed by atoms with Crippen LogP contribution in [-0.2, 0) is 19.4 Å². The standard InChI is InChI=1S/C24H28ClN5O/c1-15-10-22(16(2)28(15)13-17-4-3-5-19(25)11-17)24(31)30(20-6-7-20)21-8-9-23-18(12-21)14-29(26)27-23/h3-5,10-11,14,20-21H,6-9,12-13,26H2,1-2H3. The van der Waals surface area contributed by atoms with Crippen molar-refractivity contribution < 1.29 is 4.79 Å². The molecule has 2 aromatic heterocycles. The Bertz CT molecular complexity index is 1140. The maximum Gasteiger partial charge on any atom is 0.256 e. The Morgan fingerprint density at radius 2 is 2.03 bits per heavy atom. The molecule has 2 aliphatic rings. The van der Waals surface area contributed by atoms with Gasteiger partial charge in [-0.1, -0.05) is 23.7 Å². The molecule has 0 saturated heterocycles. The van der Waals surface area contributed by atoms with Gasteiger partial charge in [0.2, 0.25) is 0 Å². The first-order valence-corrected chi connectivity index (χ1v) is 11.3. The molecule has 1 amide bonds. The summed E-state index contributed by atoms with van der Waals surface area (Å²) in [6.07, 6.45) is 6.71. The summed E-state index contributed by atoms with van der Waals surface area (Å²) in [5, 5.41) is 5.09. The fourth-order valence-electron chi connectivity index (χ4n) is 4.94. The number of hydrogen-bond acceptors (Lipinski definition) is 3. The summed E-state index contributed by atoms with van der Waals surface area (Å²) in [5.74, 6) is 5.98. The lowest BCUT2D eigenvalue weighted by atomic mass is 9.91. The topological polar surface area (TPSA) is 69.1 Å². The van der Waals surface area contributed by atoms with Crippen molar-refractivity contribution in [1.82, 2.24) is 19.4 Å². The van der Waals surface area contributed by atoms with Crippen molar-refractivity contribution in [3.63, 3.8) is 0 Å². The molecule has 2 aliphatic carbocycles. The van der Waals surface area contributed by atoms with E-state index in [9.17, 15) is 4.79 Å². The zero-order chi connectivity index (χ0) is 21.7. The molecule has 0 aliphatic heterocycles. The van der Waals surface area contributed by atoms with Crippen LogP contribution in [0.4, 0.5) is 0 Å². The first kappa shape index (κ1) is 20.2. The first-order valence-electron chi connectivity index (χ1n) is 11.0. The van der Waals surface area contributed by atoms with Crippen molar-refractivity contribution >= 4 is 17.5 Å². The van der Waals surface area contributed by atoms with E-state index in [2.05, 4.69) is 27.6 Å². The minimum absolute atomic E-state index is 0.154. The normalized spacial score (nSPS) is 18.1. The quantitative estimate of drug-likeness (QED) is 0.616. The highest BCUT2D eigenvalue weighted by molar-refractivity contribution is 6.30. The number of carbonyl (C=O) groups excluding carboxylic acids is 1. The van der Waals surface area contributed by atoms with Crippen molar-refractivity contribution in [3.8, 4) is 0 Å². The van der Waals surface area contributed by atoms with Gasteiger partial charge in [-0.05, 0) is 75.3 Å². The zero-order valence-electron chi connectivity index (χ0n) is 18.0. The van der Waals surface area contributed by atoms with Crippen LogP contribution >= 0.6 is 11.6 Å². The van der Waals surface area contributed by atoms with E-state index in [1.165, 1.54) is 10.4 Å². The Hall–Kier alpha value is -2.73. The molecule has 31 heavy (non-hydrogen) atoms. The maximum absolute atomic E-state index is 13.8. The van der Waals surface area contributed by atoms with Gasteiger partial charge in [0, 0.05) is 35.0 Å². The molecule has 1 aromatic carbocycles. The third-order valence-corrected chi connectivity index (χ3v) is 6.90. The number of halogens is 1. The van der Waals surface area contributed by atoms with Gasteiger partial charge in [-0.25, -0.2) is 0 Å². The molecule has 0 bridgehead atoms. The number of carbonyl (C=O) groups is 1. The monoisotopic (exact) mass is 437 g/mol. The van der Waals surface area contributed by atoms with Crippen molar-refractivity contribution in [2.24, 2.45) is 0 Å². The average Bonchev–Trinajstić information content (AvgIpc) is 3.43. The minimum atomic E-state index is 0.154. The third-order valence-electron chi connectivity index (χ3n) is 6.67. The predicted molar refractivity (Wildman–Crippen MR) is 122 cm³/mol. The maximum atomic E-state index is 13.8. The molecule has 6 nitrogen and oxygen atoms in total. The summed E-state index contributed by atoms with van der Waals surface area (Å²) in [4.78, 5) is 17.3. The van der Waals surface area contributed by atoms with Crippen LogP contribution in [0.15, 0.2) is 36.5 Å². The number of nitrogens with two attached hydrogens (primary N) is 1. The first-order chi connectivity index (χ1) is 14.9. The number of nitrogen functional groups attached to an aromatic ring is 1. The van der Waals surface area contributed by atoms with Gasteiger partial charge >= 0.3 is 0 Å². The molecule has 7 heteroatoms. The highest BCUT2D eigenvalue weighted by atomic mass is 35.5. The molecule has 1 atom stereocenters. The van der Waals surface area contributed by atoms with Crippen LogP contribution in [0.1, 0.15) is 57.8 Å². The molecule has 1 saturated carbocycles. The van der Waals surface area contributed by atoms with Crippen LogP contribution in [0.3, 0.4) is 0 Å². The lowest BCUT2D eigenvalue weighted by Gasteiger charge is -2.34. The molecule has 1 fully saturated rings. The van der Waals surface area contributed by atoms with E-state index in [0.717, 1.165) is 65.3 Å². The van der Waals surface area contributed by atoms with Gasteiger partial charge in [-0.3, -0.25) is 4.79 Å². The van der Waals surface area contributed by atoms with Crippen LogP contribution < -0.4 is 5.84 Å². The van der Waals surface area contributed by atoms with Gasteiger partial charge in [0.15, 0.2) is 0 Å². The van der Waals surface area contributed by atoms with Gasteiger partial charge in [0.05, 0.1) is 17.5 Å². The number of amides is 1. The molecule has 0 spiro atoms. The number of benzene rings is 1. The minimum Gasteiger partial charge on any atom is -0.344 e. The van der Waals surface area contributed by atoms with Gasteiger partial charge < -0.3 is 15.3 Å². The van der Waals surface area contributed by atoms with Crippen molar-refractivity contribution in [3.05, 3.63) is 75.3 Å². The summed E-state index contributed by atoms with van der Waals surface area (Å²) in [6, 6.07) is 10.5. The molecule has 3 aromatic rings. The van der Waals surface area contributed by atoms with Gasteiger partial charge in [0.25, 0.3) is 5.91 Å². The Morgan fingerprint density at radius 1 is 1.23 bits per heavy atom. The lowest BCUT2D eigenvalue weighted by molar-refractivity contribution is 0.0642. The van der Waals surface area contributed by atoms with E-state index in [-0.39, 0.29) is 11.9 Å². The second kappa shape index (κ2) is 7.75. The number of fused-ring (bicyclic) bond motifs is 1. The van der Waals surface area contributed by atoms with Crippen LogP contribution in [0, 0.1) is 13.8 Å². The second-order valence-electron chi connectivity index (χ2n) is 8.92. The van der Waals surface area contributed by atoms with E-state index in [4.69, 9.17) is 17.4 Å². The van der Waals surface area contributed by atoms with Gasteiger partial charge in [0.1, 0.15) is 0 Å². The van der Waals surface area contributed by atoms with Crippen LogP contribution in [0.25, 0.3) is 0 Å². The van der Waals surface area contributed by atoms with E-state index in [1.807, 2.05) is 37.4 Å².